The monoisotopic (exact) mass is 355 g/mol. The standard InChI is InChI=1S/C22H30N2O2/c1-3-19(21-8-12-23-13-9-21)17-18(2)20-10-15-24(16-11-20)14-6-4-5-7-22(25)26/h8-13,15-16,18-19H,3-7,14,17H2,1-2H3/p+1. The van der Waals surface area contributed by atoms with Crippen molar-refractivity contribution in [1.29, 1.82) is 0 Å². The van der Waals surface area contributed by atoms with Crippen molar-refractivity contribution >= 4 is 5.97 Å². The van der Waals surface area contributed by atoms with E-state index in [1.807, 2.05) is 12.4 Å². The minimum atomic E-state index is -0.701. The largest absolute Gasteiger partial charge is 0.481 e. The van der Waals surface area contributed by atoms with Crippen molar-refractivity contribution in [3.05, 3.63) is 60.2 Å². The Labute approximate surface area is 156 Å². The predicted molar refractivity (Wildman–Crippen MR) is 103 cm³/mol. The molecular weight excluding hydrogens is 324 g/mol. The first-order chi connectivity index (χ1) is 12.6. The van der Waals surface area contributed by atoms with Gasteiger partial charge in [-0.2, -0.15) is 0 Å². The molecule has 4 heteroatoms. The summed E-state index contributed by atoms with van der Waals surface area (Å²) in [6.07, 6.45) is 13.4. The first kappa shape index (κ1) is 20.1. The van der Waals surface area contributed by atoms with Gasteiger partial charge >= 0.3 is 5.97 Å². The van der Waals surface area contributed by atoms with Gasteiger partial charge in [-0.3, -0.25) is 9.78 Å². The number of rotatable bonds is 11. The summed E-state index contributed by atoms with van der Waals surface area (Å²) in [4.78, 5) is 14.6. The van der Waals surface area contributed by atoms with Gasteiger partial charge in [0, 0.05) is 37.4 Å². The van der Waals surface area contributed by atoms with Crippen LogP contribution >= 0.6 is 0 Å². The minimum absolute atomic E-state index is 0.275. The Hall–Kier alpha value is -2.23. The third-order valence-corrected chi connectivity index (χ3v) is 5.10. The second-order valence-electron chi connectivity index (χ2n) is 7.10. The third kappa shape index (κ3) is 6.58. The zero-order chi connectivity index (χ0) is 18.8. The smallest absolute Gasteiger partial charge is 0.303 e. The lowest BCUT2D eigenvalue weighted by Crippen LogP contribution is -2.32. The number of carbonyl (C=O) groups is 1. The number of unbranched alkanes of at least 4 members (excludes halogenated alkanes) is 2. The summed E-state index contributed by atoms with van der Waals surface area (Å²) in [5, 5.41) is 8.66. The van der Waals surface area contributed by atoms with Gasteiger partial charge in [-0.05, 0) is 60.8 Å². The van der Waals surface area contributed by atoms with Crippen LogP contribution in [-0.4, -0.2) is 16.1 Å². The van der Waals surface area contributed by atoms with Crippen LogP contribution in [0.25, 0.3) is 0 Å². The van der Waals surface area contributed by atoms with Crippen molar-refractivity contribution < 1.29 is 14.5 Å². The number of carboxylic acid groups (broad SMARTS) is 1. The van der Waals surface area contributed by atoms with Crippen LogP contribution in [0, 0.1) is 0 Å². The molecule has 2 aromatic heterocycles. The number of nitrogens with zero attached hydrogens (tertiary/aromatic N) is 2. The summed E-state index contributed by atoms with van der Waals surface area (Å²) in [5.41, 5.74) is 2.75. The molecule has 2 atom stereocenters. The molecule has 0 aliphatic rings. The normalized spacial score (nSPS) is 13.3. The molecule has 0 saturated heterocycles. The van der Waals surface area contributed by atoms with Gasteiger partial charge in [-0.1, -0.05) is 13.8 Å². The fraction of sp³-hybridized carbons (Fsp3) is 0.500. The number of carboxylic acids is 1. The van der Waals surface area contributed by atoms with Gasteiger partial charge in [-0.25, -0.2) is 4.57 Å². The molecule has 0 aliphatic heterocycles. The van der Waals surface area contributed by atoms with Crippen LogP contribution in [0.2, 0.25) is 0 Å². The summed E-state index contributed by atoms with van der Waals surface area (Å²) in [7, 11) is 0. The van der Waals surface area contributed by atoms with Gasteiger partial charge in [0.25, 0.3) is 0 Å². The number of aromatic nitrogens is 2. The Morgan fingerprint density at radius 1 is 1.08 bits per heavy atom. The maximum Gasteiger partial charge on any atom is 0.303 e. The van der Waals surface area contributed by atoms with E-state index in [0.717, 1.165) is 38.6 Å². The van der Waals surface area contributed by atoms with Crippen LogP contribution in [-0.2, 0) is 11.3 Å². The summed E-state index contributed by atoms with van der Waals surface area (Å²) in [6.45, 7) is 5.50. The lowest BCUT2D eigenvalue weighted by Gasteiger charge is -2.20. The molecule has 4 nitrogen and oxygen atoms in total. The topological polar surface area (TPSA) is 54.1 Å². The molecule has 2 unspecified atom stereocenters. The lowest BCUT2D eigenvalue weighted by molar-refractivity contribution is -0.697. The van der Waals surface area contributed by atoms with Crippen molar-refractivity contribution in [2.24, 2.45) is 0 Å². The number of aryl methyl sites for hydroxylation is 1. The maximum absolute atomic E-state index is 10.5. The van der Waals surface area contributed by atoms with Gasteiger partial charge in [0.2, 0.25) is 0 Å². The van der Waals surface area contributed by atoms with E-state index in [1.54, 1.807) is 0 Å². The Morgan fingerprint density at radius 2 is 1.77 bits per heavy atom. The molecule has 0 fully saturated rings. The molecule has 0 spiro atoms. The molecule has 26 heavy (non-hydrogen) atoms. The fourth-order valence-corrected chi connectivity index (χ4v) is 3.43. The number of aliphatic carboxylic acids is 1. The summed E-state index contributed by atoms with van der Waals surface area (Å²) in [5.74, 6) is 0.376. The van der Waals surface area contributed by atoms with E-state index < -0.39 is 5.97 Å². The van der Waals surface area contributed by atoms with Crippen LogP contribution in [0.3, 0.4) is 0 Å². The van der Waals surface area contributed by atoms with Gasteiger partial charge in [0.05, 0.1) is 0 Å². The lowest BCUT2D eigenvalue weighted by atomic mass is 9.85. The fourth-order valence-electron chi connectivity index (χ4n) is 3.43. The molecule has 0 saturated carbocycles. The molecule has 0 amide bonds. The zero-order valence-electron chi connectivity index (χ0n) is 16.0. The van der Waals surface area contributed by atoms with Crippen molar-refractivity contribution in [1.82, 2.24) is 4.98 Å². The molecule has 2 rings (SSSR count). The van der Waals surface area contributed by atoms with Crippen molar-refractivity contribution in [2.75, 3.05) is 0 Å². The Morgan fingerprint density at radius 3 is 2.38 bits per heavy atom. The predicted octanol–water partition coefficient (Wildman–Crippen LogP) is 4.70. The van der Waals surface area contributed by atoms with Crippen molar-refractivity contribution in [3.8, 4) is 0 Å². The first-order valence-electron chi connectivity index (χ1n) is 9.70. The summed E-state index contributed by atoms with van der Waals surface area (Å²) >= 11 is 0. The van der Waals surface area contributed by atoms with E-state index in [2.05, 4.69) is 60.1 Å². The molecule has 0 aliphatic carbocycles. The van der Waals surface area contributed by atoms with Crippen LogP contribution in [0.5, 0.6) is 0 Å². The molecule has 0 aromatic carbocycles. The molecule has 1 N–H and O–H groups in total. The van der Waals surface area contributed by atoms with E-state index >= 15 is 0 Å². The SMILES string of the molecule is CCC(CC(C)c1cc[n+](CCCCCC(=O)O)cc1)c1ccncc1. The molecule has 2 aromatic rings. The second kappa shape index (κ2) is 10.7. The van der Waals surface area contributed by atoms with Crippen molar-refractivity contribution in [3.63, 3.8) is 0 Å². The average molecular weight is 356 g/mol. The van der Waals surface area contributed by atoms with E-state index in [4.69, 9.17) is 5.11 Å². The third-order valence-electron chi connectivity index (χ3n) is 5.10. The van der Waals surface area contributed by atoms with Gasteiger partial charge in [-0.15, -0.1) is 0 Å². The highest BCUT2D eigenvalue weighted by Gasteiger charge is 2.16. The van der Waals surface area contributed by atoms with Crippen LogP contribution in [0.4, 0.5) is 0 Å². The highest BCUT2D eigenvalue weighted by molar-refractivity contribution is 5.66. The second-order valence-corrected chi connectivity index (χ2v) is 7.10. The molecule has 0 bridgehead atoms. The molecular formula is C22H31N2O2+. The van der Waals surface area contributed by atoms with Crippen molar-refractivity contribution in [2.45, 2.75) is 70.8 Å². The van der Waals surface area contributed by atoms with E-state index in [-0.39, 0.29) is 6.42 Å². The number of hydrogen-bond donors (Lipinski definition) is 1. The Balaban J connectivity index is 1.83. The van der Waals surface area contributed by atoms with Crippen LogP contribution in [0.1, 0.15) is 75.3 Å². The highest BCUT2D eigenvalue weighted by atomic mass is 16.4. The number of pyridine rings is 2. The van der Waals surface area contributed by atoms with Gasteiger partial charge in [0.1, 0.15) is 6.54 Å². The summed E-state index contributed by atoms with van der Waals surface area (Å²) in [6, 6.07) is 8.71. The maximum atomic E-state index is 10.5. The molecule has 0 radical (unpaired) electrons. The minimum Gasteiger partial charge on any atom is -0.481 e. The van der Waals surface area contributed by atoms with Crippen LogP contribution in [0.15, 0.2) is 49.1 Å². The van der Waals surface area contributed by atoms with E-state index in [9.17, 15) is 4.79 Å². The Bertz CT molecular complexity index is 656. The van der Waals surface area contributed by atoms with Crippen LogP contribution < -0.4 is 4.57 Å². The highest BCUT2D eigenvalue weighted by Crippen LogP contribution is 2.31. The van der Waals surface area contributed by atoms with Gasteiger partial charge in [0.15, 0.2) is 12.4 Å². The molecule has 2 heterocycles. The zero-order valence-corrected chi connectivity index (χ0v) is 16.0. The first-order valence-corrected chi connectivity index (χ1v) is 9.70. The van der Waals surface area contributed by atoms with E-state index in [0.29, 0.717) is 11.8 Å². The quantitative estimate of drug-likeness (QED) is 0.469. The van der Waals surface area contributed by atoms with E-state index in [1.165, 1.54) is 11.1 Å². The van der Waals surface area contributed by atoms with Gasteiger partial charge < -0.3 is 5.11 Å². The molecule has 140 valence electrons. The number of hydrogen-bond acceptors (Lipinski definition) is 2. The average Bonchev–Trinajstić information content (AvgIpc) is 2.66. The summed E-state index contributed by atoms with van der Waals surface area (Å²) < 4.78 is 2.19. The Kier molecular flexibility index (Phi) is 8.26.